The molecule has 0 radical (unpaired) electrons. The Morgan fingerprint density at radius 1 is 1.67 bits per heavy atom. The first-order valence-electron chi connectivity index (χ1n) is 5.11. The highest BCUT2D eigenvalue weighted by molar-refractivity contribution is 7.07. The highest BCUT2D eigenvalue weighted by Gasteiger charge is 2.28. The number of carbonyl (C=O) groups is 1. The van der Waals surface area contributed by atoms with Gasteiger partial charge < -0.3 is 5.11 Å². The minimum absolute atomic E-state index is 0.319. The molecule has 0 amide bonds. The van der Waals surface area contributed by atoms with Crippen LogP contribution in [0.15, 0.2) is 10.9 Å². The molecule has 0 aromatic carbocycles. The van der Waals surface area contributed by atoms with Gasteiger partial charge in [-0.2, -0.15) is 0 Å². The van der Waals surface area contributed by atoms with E-state index in [2.05, 4.69) is 4.98 Å². The Hall–Kier alpha value is -0.940. The molecule has 1 aliphatic heterocycles. The number of likely N-dealkylation sites (tertiary alicyclic amines) is 1. The largest absolute Gasteiger partial charge is 0.480 e. The predicted molar refractivity (Wildman–Crippen MR) is 57.8 cm³/mol. The molecule has 2 rings (SSSR count). The Labute approximate surface area is 92.6 Å². The molecule has 2 heterocycles. The maximum absolute atomic E-state index is 11.0. The Morgan fingerprint density at radius 2 is 2.53 bits per heavy atom. The normalized spacial score (nSPS) is 22.8. The molecule has 1 aromatic heterocycles. The van der Waals surface area contributed by atoms with E-state index in [0.717, 1.165) is 31.5 Å². The number of hydrogen-bond donors (Lipinski definition) is 1. The average Bonchev–Trinajstić information content (AvgIpc) is 2.71. The van der Waals surface area contributed by atoms with E-state index in [-0.39, 0.29) is 6.04 Å². The molecule has 1 atom stereocenters. The molecule has 1 unspecified atom stereocenters. The van der Waals surface area contributed by atoms with Crippen LogP contribution < -0.4 is 0 Å². The number of piperidine rings is 1. The molecule has 1 aliphatic rings. The molecule has 1 saturated heterocycles. The van der Waals surface area contributed by atoms with E-state index in [1.54, 1.807) is 16.8 Å². The van der Waals surface area contributed by atoms with Crippen molar-refractivity contribution < 1.29 is 9.90 Å². The van der Waals surface area contributed by atoms with Crippen molar-refractivity contribution in [1.29, 1.82) is 0 Å². The van der Waals surface area contributed by atoms with Gasteiger partial charge in [0.15, 0.2) is 0 Å². The van der Waals surface area contributed by atoms with Gasteiger partial charge in [0.1, 0.15) is 6.04 Å². The zero-order chi connectivity index (χ0) is 10.7. The lowest BCUT2D eigenvalue weighted by atomic mass is 10.0. The summed E-state index contributed by atoms with van der Waals surface area (Å²) in [6, 6.07) is -0.319. The lowest BCUT2D eigenvalue weighted by Gasteiger charge is -2.32. The van der Waals surface area contributed by atoms with Crippen molar-refractivity contribution in [2.45, 2.75) is 31.8 Å². The first-order chi connectivity index (χ1) is 7.27. The smallest absolute Gasteiger partial charge is 0.320 e. The quantitative estimate of drug-likeness (QED) is 0.850. The minimum Gasteiger partial charge on any atom is -0.480 e. The van der Waals surface area contributed by atoms with E-state index >= 15 is 0 Å². The fourth-order valence-electron chi connectivity index (χ4n) is 1.98. The minimum atomic E-state index is -0.704. The van der Waals surface area contributed by atoms with Gasteiger partial charge in [0.05, 0.1) is 11.2 Å². The standard InChI is InChI=1S/C10H14N2O2S/c13-10(14)9-3-1-2-4-12(9)5-8-6-15-7-11-8/h6-7,9H,1-5H2,(H,13,14). The van der Waals surface area contributed by atoms with Crippen molar-refractivity contribution in [3.05, 3.63) is 16.6 Å². The maximum Gasteiger partial charge on any atom is 0.320 e. The second kappa shape index (κ2) is 4.72. The molecule has 1 N–H and O–H groups in total. The van der Waals surface area contributed by atoms with E-state index in [9.17, 15) is 4.79 Å². The van der Waals surface area contributed by atoms with E-state index in [0.29, 0.717) is 6.54 Å². The van der Waals surface area contributed by atoms with Gasteiger partial charge in [-0.3, -0.25) is 9.69 Å². The Balaban J connectivity index is 2.02. The summed E-state index contributed by atoms with van der Waals surface area (Å²) < 4.78 is 0. The molecular weight excluding hydrogens is 212 g/mol. The molecule has 5 heteroatoms. The van der Waals surface area contributed by atoms with Crippen LogP contribution in [0.2, 0.25) is 0 Å². The number of carboxylic acids is 1. The summed E-state index contributed by atoms with van der Waals surface area (Å²) in [5.74, 6) is -0.704. The molecule has 82 valence electrons. The summed E-state index contributed by atoms with van der Waals surface area (Å²) in [4.78, 5) is 17.2. The first kappa shape index (κ1) is 10.6. The van der Waals surface area contributed by atoms with Gasteiger partial charge in [-0.1, -0.05) is 6.42 Å². The Kier molecular flexibility index (Phi) is 3.33. The van der Waals surface area contributed by atoms with Crippen molar-refractivity contribution in [2.75, 3.05) is 6.54 Å². The topological polar surface area (TPSA) is 53.4 Å². The first-order valence-corrected chi connectivity index (χ1v) is 6.05. The van der Waals surface area contributed by atoms with E-state index < -0.39 is 5.97 Å². The summed E-state index contributed by atoms with van der Waals surface area (Å²) in [6.07, 6.45) is 2.87. The Morgan fingerprint density at radius 3 is 3.20 bits per heavy atom. The van der Waals surface area contributed by atoms with Gasteiger partial charge in [-0.05, 0) is 19.4 Å². The van der Waals surface area contributed by atoms with Gasteiger partial charge >= 0.3 is 5.97 Å². The summed E-state index contributed by atoms with van der Waals surface area (Å²) >= 11 is 1.55. The number of aliphatic carboxylic acids is 1. The van der Waals surface area contributed by atoms with Crippen molar-refractivity contribution >= 4 is 17.3 Å². The summed E-state index contributed by atoms with van der Waals surface area (Å²) in [5, 5.41) is 11.1. The van der Waals surface area contributed by atoms with E-state index in [1.807, 2.05) is 10.3 Å². The molecular formula is C10H14N2O2S. The summed E-state index contributed by atoms with van der Waals surface area (Å²) in [5.41, 5.74) is 2.77. The van der Waals surface area contributed by atoms with Crippen molar-refractivity contribution in [1.82, 2.24) is 9.88 Å². The lowest BCUT2D eigenvalue weighted by Crippen LogP contribution is -2.44. The van der Waals surface area contributed by atoms with Crippen molar-refractivity contribution in [3.63, 3.8) is 0 Å². The van der Waals surface area contributed by atoms with Crippen molar-refractivity contribution in [2.24, 2.45) is 0 Å². The van der Waals surface area contributed by atoms with Gasteiger partial charge in [0.25, 0.3) is 0 Å². The highest BCUT2D eigenvalue weighted by atomic mass is 32.1. The van der Waals surface area contributed by atoms with Crippen LogP contribution in [-0.4, -0.2) is 33.5 Å². The van der Waals surface area contributed by atoms with Crippen molar-refractivity contribution in [3.8, 4) is 0 Å². The van der Waals surface area contributed by atoms with Crippen LogP contribution >= 0.6 is 11.3 Å². The molecule has 4 nitrogen and oxygen atoms in total. The van der Waals surface area contributed by atoms with E-state index in [4.69, 9.17) is 5.11 Å². The van der Waals surface area contributed by atoms with Crippen LogP contribution in [0.4, 0.5) is 0 Å². The number of aromatic nitrogens is 1. The fourth-order valence-corrected chi connectivity index (χ4v) is 2.53. The third-order valence-electron chi connectivity index (χ3n) is 2.75. The molecule has 0 bridgehead atoms. The monoisotopic (exact) mass is 226 g/mol. The SMILES string of the molecule is O=C(O)C1CCCCN1Cc1cscn1. The zero-order valence-electron chi connectivity index (χ0n) is 8.43. The number of rotatable bonds is 3. The number of hydrogen-bond acceptors (Lipinski definition) is 4. The zero-order valence-corrected chi connectivity index (χ0v) is 9.24. The summed E-state index contributed by atoms with van der Waals surface area (Å²) in [6.45, 7) is 1.54. The second-order valence-corrected chi connectivity index (χ2v) is 4.52. The number of thiazole rings is 1. The molecule has 1 aromatic rings. The van der Waals surface area contributed by atoms with Gasteiger partial charge in [0.2, 0.25) is 0 Å². The highest BCUT2D eigenvalue weighted by Crippen LogP contribution is 2.19. The number of nitrogens with zero attached hydrogens (tertiary/aromatic N) is 2. The van der Waals surface area contributed by atoms with Crippen LogP contribution in [0, 0.1) is 0 Å². The molecule has 0 spiro atoms. The lowest BCUT2D eigenvalue weighted by molar-refractivity contribution is -0.144. The maximum atomic E-state index is 11.0. The van der Waals surface area contributed by atoms with Crippen LogP contribution in [0.5, 0.6) is 0 Å². The third kappa shape index (κ3) is 2.54. The molecule has 0 aliphatic carbocycles. The molecule has 1 fully saturated rings. The third-order valence-corrected chi connectivity index (χ3v) is 3.38. The molecule has 0 saturated carbocycles. The van der Waals surface area contributed by atoms with E-state index in [1.165, 1.54) is 0 Å². The average molecular weight is 226 g/mol. The summed E-state index contributed by atoms with van der Waals surface area (Å²) in [7, 11) is 0. The second-order valence-electron chi connectivity index (χ2n) is 3.80. The fraction of sp³-hybridized carbons (Fsp3) is 0.600. The van der Waals surface area contributed by atoms with Gasteiger partial charge in [-0.25, -0.2) is 4.98 Å². The van der Waals surface area contributed by atoms with Crippen LogP contribution in [0.3, 0.4) is 0 Å². The van der Waals surface area contributed by atoms with Crippen LogP contribution in [-0.2, 0) is 11.3 Å². The van der Waals surface area contributed by atoms with Crippen LogP contribution in [0.25, 0.3) is 0 Å². The Bertz CT molecular complexity index is 326. The van der Waals surface area contributed by atoms with Crippen LogP contribution in [0.1, 0.15) is 25.0 Å². The van der Waals surface area contributed by atoms with Gasteiger partial charge in [0, 0.05) is 11.9 Å². The predicted octanol–water partition coefficient (Wildman–Crippen LogP) is 1.58. The molecule has 15 heavy (non-hydrogen) atoms. The van der Waals surface area contributed by atoms with Gasteiger partial charge in [-0.15, -0.1) is 11.3 Å². The number of carboxylic acid groups (broad SMARTS) is 1.